The van der Waals surface area contributed by atoms with Crippen LogP contribution in [0, 0.1) is 6.92 Å². The summed E-state index contributed by atoms with van der Waals surface area (Å²) < 4.78 is 0.975. The molecule has 0 spiro atoms. The van der Waals surface area contributed by atoms with E-state index in [0.29, 0.717) is 0 Å². The van der Waals surface area contributed by atoms with E-state index in [1.54, 1.807) is 0 Å². The maximum absolute atomic E-state index is 5.63. The highest BCUT2D eigenvalue weighted by Gasteiger charge is 1.94. The van der Waals surface area contributed by atoms with Crippen molar-refractivity contribution in [2.24, 2.45) is 0 Å². The van der Waals surface area contributed by atoms with Crippen molar-refractivity contribution in [1.29, 1.82) is 0 Å². The molecule has 1 nitrogen and oxygen atoms in total. The third-order valence-electron chi connectivity index (χ3n) is 1.27. The lowest BCUT2D eigenvalue weighted by molar-refractivity contribution is 1.45. The molecule has 0 aliphatic carbocycles. The van der Waals surface area contributed by atoms with Crippen LogP contribution in [0.25, 0.3) is 0 Å². The van der Waals surface area contributed by atoms with E-state index in [0.717, 1.165) is 15.7 Å². The molecule has 0 radical (unpaired) electrons. The summed E-state index contributed by atoms with van der Waals surface area (Å²) in [5.74, 6) is 0. The number of anilines is 1. The quantitative estimate of drug-likeness (QED) is 0.618. The first kappa shape index (κ1) is 6.62. The summed E-state index contributed by atoms with van der Waals surface area (Å²) in [4.78, 5) is 0. The fourth-order valence-corrected chi connectivity index (χ4v) is 1.11. The van der Waals surface area contributed by atoms with Gasteiger partial charge in [-0.05, 0) is 34.5 Å². The zero-order chi connectivity index (χ0) is 6.85. The lowest BCUT2D eigenvalue weighted by atomic mass is 10.2. The van der Waals surface area contributed by atoms with Crippen molar-refractivity contribution in [2.75, 3.05) is 5.73 Å². The van der Waals surface area contributed by atoms with Gasteiger partial charge in [0.25, 0.3) is 0 Å². The van der Waals surface area contributed by atoms with Crippen molar-refractivity contribution in [2.45, 2.75) is 6.92 Å². The fourth-order valence-electron chi connectivity index (χ4n) is 0.645. The van der Waals surface area contributed by atoms with Crippen LogP contribution in [-0.2, 0) is 0 Å². The molecule has 0 heterocycles. The number of rotatable bonds is 0. The Bertz CT molecular complexity index is 200. The smallest absolute Gasteiger partial charge is 0.0488 e. The summed E-state index contributed by atoms with van der Waals surface area (Å²) in [7, 11) is 0. The van der Waals surface area contributed by atoms with E-state index in [-0.39, 0.29) is 0 Å². The van der Waals surface area contributed by atoms with Gasteiger partial charge in [-0.15, -0.1) is 0 Å². The number of aryl methyl sites for hydroxylation is 1. The molecule has 1 aromatic rings. The highest BCUT2D eigenvalue weighted by molar-refractivity contribution is 9.10. The van der Waals surface area contributed by atoms with Crippen molar-refractivity contribution in [3.8, 4) is 0 Å². The number of benzene rings is 1. The SMILES string of the molecule is Cc1cccc(Br)c1N. The van der Waals surface area contributed by atoms with Gasteiger partial charge in [0.1, 0.15) is 0 Å². The van der Waals surface area contributed by atoms with E-state index in [1.165, 1.54) is 0 Å². The number of halogens is 1. The molecule has 0 saturated heterocycles. The van der Waals surface area contributed by atoms with Crippen molar-refractivity contribution in [3.63, 3.8) is 0 Å². The zero-order valence-corrected chi connectivity index (χ0v) is 6.77. The van der Waals surface area contributed by atoms with Gasteiger partial charge in [-0.3, -0.25) is 0 Å². The lowest BCUT2D eigenvalue weighted by Crippen LogP contribution is -1.88. The molecule has 0 aromatic heterocycles. The Labute approximate surface area is 63.0 Å². The monoisotopic (exact) mass is 185 g/mol. The Morgan fingerprint density at radius 3 is 2.56 bits per heavy atom. The summed E-state index contributed by atoms with van der Waals surface area (Å²) in [6, 6.07) is 5.89. The molecule has 2 heteroatoms. The van der Waals surface area contributed by atoms with E-state index < -0.39 is 0 Å². The Kier molecular flexibility index (Phi) is 1.76. The summed E-state index contributed by atoms with van der Waals surface area (Å²) in [5, 5.41) is 0. The van der Waals surface area contributed by atoms with E-state index >= 15 is 0 Å². The molecule has 0 atom stereocenters. The summed E-state index contributed by atoms with van der Waals surface area (Å²) in [6.45, 7) is 1.99. The van der Waals surface area contributed by atoms with Crippen LogP contribution in [0.4, 0.5) is 5.69 Å². The maximum Gasteiger partial charge on any atom is 0.0488 e. The molecular formula is C7H8BrN. The van der Waals surface area contributed by atoms with Gasteiger partial charge >= 0.3 is 0 Å². The molecule has 0 bridgehead atoms. The van der Waals surface area contributed by atoms with E-state index in [1.807, 2.05) is 25.1 Å². The first-order valence-electron chi connectivity index (χ1n) is 2.72. The molecule has 2 N–H and O–H groups in total. The first-order valence-corrected chi connectivity index (χ1v) is 3.51. The Balaban J connectivity index is 3.25. The number of nitrogen functional groups attached to an aromatic ring is 1. The van der Waals surface area contributed by atoms with Crippen molar-refractivity contribution >= 4 is 21.6 Å². The van der Waals surface area contributed by atoms with E-state index in [2.05, 4.69) is 15.9 Å². The van der Waals surface area contributed by atoms with Crippen molar-refractivity contribution in [3.05, 3.63) is 28.2 Å². The van der Waals surface area contributed by atoms with Crippen molar-refractivity contribution in [1.82, 2.24) is 0 Å². The number of para-hydroxylation sites is 1. The number of hydrogen-bond donors (Lipinski definition) is 1. The number of hydrogen-bond acceptors (Lipinski definition) is 1. The van der Waals surface area contributed by atoms with E-state index in [4.69, 9.17) is 5.73 Å². The molecular weight excluding hydrogens is 178 g/mol. The van der Waals surface area contributed by atoms with Gasteiger partial charge in [0.05, 0.1) is 0 Å². The molecule has 0 fully saturated rings. The highest BCUT2D eigenvalue weighted by Crippen LogP contribution is 2.21. The Hall–Kier alpha value is -0.500. The second kappa shape index (κ2) is 2.40. The van der Waals surface area contributed by atoms with Gasteiger partial charge < -0.3 is 5.73 Å². The summed E-state index contributed by atoms with van der Waals surface area (Å²) >= 11 is 3.32. The van der Waals surface area contributed by atoms with Crippen LogP contribution in [0.2, 0.25) is 0 Å². The normalized spacial score (nSPS) is 9.56. The van der Waals surface area contributed by atoms with Gasteiger partial charge in [-0.2, -0.15) is 0 Å². The predicted molar refractivity (Wildman–Crippen MR) is 43.3 cm³/mol. The molecule has 9 heavy (non-hydrogen) atoms. The molecule has 0 amide bonds. The number of nitrogens with two attached hydrogens (primary N) is 1. The third-order valence-corrected chi connectivity index (χ3v) is 1.96. The molecule has 1 rings (SSSR count). The van der Waals surface area contributed by atoms with Crippen LogP contribution in [0.3, 0.4) is 0 Å². The summed E-state index contributed by atoms with van der Waals surface area (Å²) in [5.41, 5.74) is 7.58. The Morgan fingerprint density at radius 2 is 2.11 bits per heavy atom. The van der Waals surface area contributed by atoms with Crippen LogP contribution >= 0.6 is 15.9 Å². The van der Waals surface area contributed by atoms with Gasteiger partial charge in [-0.1, -0.05) is 12.1 Å². The summed E-state index contributed by atoms with van der Waals surface area (Å²) in [6.07, 6.45) is 0. The molecule has 0 aliphatic rings. The zero-order valence-electron chi connectivity index (χ0n) is 5.19. The van der Waals surface area contributed by atoms with Crippen LogP contribution in [0.15, 0.2) is 22.7 Å². The lowest BCUT2D eigenvalue weighted by Gasteiger charge is -1.99. The van der Waals surface area contributed by atoms with Crippen LogP contribution < -0.4 is 5.73 Å². The fraction of sp³-hybridized carbons (Fsp3) is 0.143. The van der Waals surface area contributed by atoms with Gasteiger partial charge in [0, 0.05) is 10.2 Å². The highest BCUT2D eigenvalue weighted by atomic mass is 79.9. The second-order valence-electron chi connectivity index (χ2n) is 1.97. The van der Waals surface area contributed by atoms with Crippen LogP contribution in [-0.4, -0.2) is 0 Å². The first-order chi connectivity index (χ1) is 4.22. The minimum atomic E-state index is 0.831. The largest absolute Gasteiger partial charge is 0.398 e. The predicted octanol–water partition coefficient (Wildman–Crippen LogP) is 2.34. The molecule has 0 aliphatic heterocycles. The Morgan fingerprint density at radius 1 is 1.44 bits per heavy atom. The van der Waals surface area contributed by atoms with Gasteiger partial charge in [0.15, 0.2) is 0 Å². The third kappa shape index (κ3) is 1.24. The van der Waals surface area contributed by atoms with Crippen LogP contribution in [0.5, 0.6) is 0 Å². The van der Waals surface area contributed by atoms with Crippen molar-refractivity contribution < 1.29 is 0 Å². The average molecular weight is 186 g/mol. The minimum absolute atomic E-state index is 0.831. The average Bonchev–Trinajstić information content (AvgIpc) is 1.83. The van der Waals surface area contributed by atoms with E-state index in [9.17, 15) is 0 Å². The maximum atomic E-state index is 5.63. The standard InChI is InChI=1S/C7H8BrN/c1-5-3-2-4-6(8)7(5)9/h2-4H,9H2,1H3. The topological polar surface area (TPSA) is 26.0 Å². The molecule has 1 aromatic carbocycles. The molecule has 0 unspecified atom stereocenters. The van der Waals surface area contributed by atoms with Crippen LogP contribution in [0.1, 0.15) is 5.56 Å². The minimum Gasteiger partial charge on any atom is -0.398 e. The molecule has 48 valence electrons. The van der Waals surface area contributed by atoms with Gasteiger partial charge in [0.2, 0.25) is 0 Å². The van der Waals surface area contributed by atoms with Gasteiger partial charge in [-0.25, -0.2) is 0 Å². The second-order valence-corrected chi connectivity index (χ2v) is 2.82. The molecule has 0 saturated carbocycles.